The van der Waals surface area contributed by atoms with Crippen molar-refractivity contribution in [1.82, 2.24) is 14.9 Å². The van der Waals surface area contributed by atoms with Crippen LogP contribution in [0.4, 0.5) is 0 Å². The molecule has 1 atom stereocenters. The van der Waals surface area contributed by atoms with Crippen molar-refractivity contribution in [1.29, 1.82) is 0 Å². The number of aryl methyl sites for hydroxylation is 1. The highest BCUT2D eigenvalue weighted by Gasteiger charge is 2.32. The molecular formula is C30H27ClN4O2S. The molecule has 1 aliphatic heterocycles. The number of rotatable bonds is 7. The first kappa shape index (κ1) is 25.8. The Morgan fingerprint density at radius 1 is 1.05 bits per heavy atom. The molecule has 1 fully saturated rings. The van der Waals surface area contributed by atoms with E-state index in [-0.39, 0.29) is 17.2 Å². The summed E-state index contributed by atoms with van der Waals surface area (Å²) in [4.78, 5) is 27.1. The number of carbonyl (C=O) groups is 2. The third-order valence-electron chi connectivity index (χ3n) is 6.53. The van der Waals surface area contributed by atoms with E-state index in [9.17, 15) is 9.59 Å². The molecule has 1 aliphatic rings. The number of carbonyl (C=O) groups excluding carboxylic acids is 2. The lowest BCUT2D eigenvalue weighted by atomic mass is 10.1. The lowest BCUT2D eigenvalue weighted by molar-refractivity contribution is -0.128. The Kier molecular flexibility index (Phi) is 7.67. The summed E-state index contributed by atoms with van der Waals surface area (Å²) in [6.07, 6.45) is 1.65. The van der Waals surface area contributed by atoms with Gasteiger partial charge in [-0.1, -0.05) is 60.1 Å². The topological polar surface area (TPSA) is 66.7 Å². The molecule has 0 spiro atoms. The van der Waals surface area contributed by atoms with Crippen molar-refractivity contribution in [3.05, 3.63) is 124 Å². The van der Waals surface area contributed by atoms with Crippen LogP contribution in [0.2, 0.25) is 5.02 Å². The molecule has 6 nitrogen and oxygen atoms in total. The molecule has 5 rings (SSSR count). The summed E-state index contributed by atoms with van der Waals surface area (Å²) in [5.41, 5.74) is 9.11. The fraction of sp³-hybridized carbons (Fsp3) is 0.167. The van der Waals surface area contributed by atoms with E-state index in [1.807, 2.05) is 91.5 Å². The number of nitrogens with zero attached hydrogens (tertiary/aromatic N) is 3. The molecule has 0 bridgehead atoms. The van der Waals surface area contributed by atoms with Gasteiger partial charge in [-0.05, 0) is 61.4 Å². The van der Waals surface area contributed by atoms with Gasteiger partial charge in [0.2, 0.25) is 5.91 Å². The van der Waals surface area contributed by atoms with Crippen LogP contribution in [0.1, 0.15) is 43.8 Å². The van der Waals surface area contributed by atoms with E-state index in [4.69, 9.17) is 11.6 Å². The van der Waals surface area contributed by atoms with Crippen molar-refractivity contribution in [3.63, 3.8) is 0 Å². The number of hydrazone groups is 1. The van der Waals surface area contributed by atoms with Gasteiger partial charge in [0, 0.05) is 39.8 Å². The van der Waals surface area contributed by atoms with Gasteiger partial charge in [-0.3, -0.25) is 9.59 Å². The third-order valence-corrected chi connectivity index (χ3v) is 8.02. The third kappa shape index (κ3) is 5.54. The fourth-order valence-corrected chi connectivity index (χ4v) is 6.01. The summed E-state index contributed by atoms with van der Waals surface area (Å²) < 4.78 is 2.10. The predicted molar refractivity (Wildman–Crippen MR) is 154 cm³/mol. The van der Waals surface area contributed by atoms with Gasteiger partial charge in [0.15, 0.2) is 0 Å². The molecule has 192 valence electrons. The number of benzene rings is 3. The van der Waals surface area contributed by atoms with Crippen LogP contribution < -0.4 is 5.43 Å². The Morgan fingerprint density at radius 2 is 1.82 bits per heavy atom. The summed E-state index contributed by atoms with van der Waals surface area (Å²) >= 11 is 7.77. The zero-order chi connectivity index (χ0) is 26.6. The fourth-order valence-electron chi connectivity index (χ4n) is 4.64. The summed E-state index contributed by atoms with van der Waals surface area (Å²) in [5, 5.41) is 4.79. The second kappa shape index (κ2) is 11.3. The first-order valence-corrected chi connectivity index (χ1v) is 13.7. The minimum atomic E-state index is -0.298. The number of halogens is 1. The molecule has 4 aromatic rings. The summed E-state index contributed by atoms with van der Waals surface area (Å²) in [6.45, 7) is 4.58. The largest absolute Gasteiger partial charge is 0.322 e. The average molecular weight is 543 g/mol. The number of amides is 2. The Hall–Kier alpha value is -3.81. The summed E-state index contributed by atoms with van der Waals surface area (Å²) in [5.74, 6) is 0.273. The van der Waals surface area contributed by atoms with Gasteiger partial charge in [0.25, 0.3) is 5.91 Å². The van der Waals surface area contributed by atoms with Gasteiger partial charge >= 0.3 is 0 Å². The van der Waals surface area contributed by atoms with Crippen LogP contribution in [0.5, 0.6) is 0 Å². The van der Waals surface area contributed by atoms with E-state index in [2.05, 4.69) is 15.1 Å². The molecule has 2 amide bonds. The van der Waals surface area contributed by atoms with E-state index < -0.39 is 0 Å². The minimum absolute atomic E-state index is 0.0763. The molecule has 3 aromatic carbocycles. The molecule has 1 aromatic heterocycles. The van der Waals surface area contributed by atoms with Crippen molar-refractivity contribution in [2.24, 2.45) is 5.10 Å². The van der Waals surface area contributed by atoms with Crippen molar-refractivity contribution >= 4 is 41.4 Å². The van der Waals surface area contributed by atoms with Gasteiger partial charge in [-0.15, -0.1) is 11.8 Å². The Labute approximate surface area is 231 Å². The maximum atomic E-state index is 12.7. The smallest absolute Gasteiger partial charge is 0.271 e. The quantitative estimate of drug-likeness (QED) is 0.220. The molecule has 2 heterocycles. The van der Waals surface area contributed by atoms with Crippen molar-refractivity contribution < 1.29 is 9.59 Å². The SMILES string of the molecule is Cc1cc(/C=N\NC(=O)c2ccc([C@H]3SCC(=O)N3Cc3ccccc3)cc2)c(C)n1-c1cccc(Cl)c1. The first-order valence-electron chi connectivity index (χ1n) is 12.2. The van der Waals surface area contributed by atoms with Crippen LogP contribution in [-0.2, 0) is 11.3 Å². The molecule has 0 aliphatic carbocycles. The van der Waals surface area contributed by atoms with E-state index in [1.165, 1.54) is 0 Å². The second-order valence-corrected chi connectivity index (χ2v) is 10.6. The lowest BCUT2D eigenvalue weighted by Crippen LogP contribution is -2.27. The van der Waals surface area contributed by atoms with Gasteiger partial charge in [0.1, 0.15) is 5.37 Å². The van der Waals surface area contributed by atoms with E-state index >= 15 is 0 Å². The van der Waals surface area contributed by atoms with Gasteiger partial charge in [0.05, 0.1) is 12.0 Å². The molecular weight excluding hydrogens is 516 g/mol. The Balaban J connectivity index is 1.24. The zero-order valence-corrected chi connectivity index (χ0v) is 22.7. The number of nitrogens with one attached hydrogen (secondary N) is 1. The van der Waals surface area contributed by atoms with E-state index in [0.29, 0.717) is 22.9 Å². The van der Waals surface area contributed by atoms with Crippen LogP contribution in [-0.4, -0.2) is 33.2 Å². The van der Waals surface area contributed by atoms with Gasteiger partial charge < -0.3 is 9.47 Å². The predicted octanol–water partition coefficient (Wildman–Crippen LogP) is 6.29. The minimum Gasteiger partial charge on any atom is -0.322 e. The number of hydrogen-bond donors (Lipinski definition) is 1. The number of hydrogen-bond acceptors (Lipinski definition) is 4. The van der Waals surface area contributed by atoms with Crippen molar-refractivity contribution in [3.8, 4) is 5.69 Å². The highest BCUT2D eigenvalue weighted by molar-refractivity contribution is 8.00. The van der Waals surface area contributed by atoms with E-state index in [1.54, 1.807) is 30.1 Å². The van der Waals surface area contributed by atoms with Crippen LogP contribution in [0.15, 0.2) is 90.0 Å². The average Bonchev–Trinajstić information content (AvgIpc) is 3.42. The maximum Gasteiger partial charge on any atom is 0.271 e. The summed E-state index contributed by atoms with van der Waals surface area (Å²) in [6, 6.07) is 27.0. The summed E-state index contributed by atoms with van der Waals surface area (Å²) in [7, 11) is 0. The number of thioether (sulfide) groups is 1. The zero-order valence-electron chi connectivity index (χ0n) is 21.1. The van der Waals surface area contributed by atoms with Crippen molar-refractivity contribution in [2.45, 2.75) is 25.8 Å². The molecule has 8 heteroatoms. The Morgan fingerprint density at radius 3 is 2.55 bits per heavy atom. The molecule has 1 N–H and O–H groups in total. The highest BCUT2D eigenvalue weighted by Crippen LogP contribution is 2.39. The molecule has 0 saturated carbocycles. The molecule has 0 unspecified atom stereocenters. The van der Waals surface area contributed by atoms with Gasteiger partial charge in [-0.2, -0.15) is 5.10 Å². The van der Waals surface area contributed by atoms with Gasteiger partial charge in [-0.25, -0.2) is 5.43 Å². The maximum absolute atomic E-state index is 12.7. The Bertz CT molecular complexity index is 1500. The van der Waals surface area contributed by atoms with Crippen LogP contribution >= 0.6 is 23.4 Å². The van der Waals surface area contributed by atoms with E-state index in [0.717, 1.165) is 33.8 Å². The monoisotopic (exact) mass is 542 g/mol. The number of aromatic nitrogens is 1. The van der Waals surface area contributed by atoms with Crippen LogP contribution in [0.25, 0.3) is 5.69 Å². The molecule has 38 heavy (non-hydrogen) atoms. The normalized spacial score (nSPS) is 15.4. The van der Waals surface area contributed by atoms with Crippen LogP contribution in [0, 0.1) is 13.8 Å². The molecule has 0 radical (unpaired) electrons. The highest BCUT2D eigenvalue weighted by atomic mass is 35.5. The standard InChI is InChI=1S/C30H27ClN4O2S/c1-20-15-25(21(2)35(20)27-10-6-9-26(31)16-27)17-32-33-29(37)23-11-13-24(14-12-23)30-34(28(36)19-38-30)18-22-7-4-3-5-8-22/h3-17,30H,18-19H2,1-2H3,(H,33,37)/b32-17-/t30-/m1/s1. The lowest BCUT2D eigenvalue weighted by Gasteiger charge is -2.24. The van der Waals surface area contributed by atoms with Crippen LogP contribution in [0.3, 0.4) is 0 Å². The molecule has 1 saturated heterocycles. The van der Waals surface area contributed by atoms with Crippen molar-refractivity contribution in [2.75, 3.05) is 5.75 Å². The first-order chi connectivity index (χ1) is 18.4. The second-order valence-electron chi connectivity index (χ2n) is 9.13.